The van der Waals surface area contributed by atoms with E-state index in [9.17, 15) is 5.48 Å². The smallest absolute Gasteiger partial charge is 0.114 e. The molecule has 1 heterocycles. The van der Waals surface area contributed by atoms with E-state index < -0.39 is 109 Å². The predicted molar refractivity (Wildman–Crippen MR) is 233 cm³/mol. The number of rotatable bonds is 7. The average Bonchev–Trinajstić information content (AvgIpc) is 3.78. The van der Waals surface area contributed by atoms with E-state index in [0.717, 1.165) is 33.7 Å². The highest BCUT2D eigenvalue weighted by molar-refractivity contribution is 6.21. The van der Waals surface area contributed by atoms with E-state index >= 15 is 0 Å². The third-order valence-electron chi connectivity index (χ3n) is 9.75. The molecule has 0 aliphatic heterocycles. The molecule has 1 aromatic heterocycles. The van der Waals surface area contributed by atoms with Gasteiger partial charge in [-0.15, -0.1) is 0 Å². The van der Waals surface area contributed by atoms with Crippen molar-refractivity contribution < 1.29 is 24.7 Å². The van der Waals surface area contributed by atoms with Crippen LogP contribution in [0.4, 0.5) is 0 Å². The largest absolute Gasteiger partial charge is 0.296 e. The molecule has 0 fully saturated rings. The van der Waals surface area contributed by atoms with Crippen molar-refractivity contribution in [2.75, 3.05) is 0 Å². The van der Waals surface area contributed by atoms with Gasteiger partial charge in [0.05, 0.1) is 35.7 Å². The molecule has 2 nitrogen and oxygen atoms in total. The van der Waals surface area contributed by atoms with E-state index in [4.69, 9.17) is 24.2 Å². The van der Waals surface area contributed by atoms with Gasteiger partial charge in [0.2, 0.25) is 0 Å². The summed E-state index contributed by atoms with van der Waals surface area (Å²) in [4.78, 5) is 4.80. The summed E-state index contributed by atoms with van der Waals surface area (Å²) >= 11 is 0. The number of benzene rings is 9. The van der Waals surface area contributed by atoms with Gasteiger partial charge in [0.25, 0.3) is 0 Å². The van der Waals surface area contributed by atoms with Crippen molar-refractivity contribution in [2.45, 2.75) is 13.3 Å². The molecule has 0 unspecified atom stereocenters. The summed E-state index contributed by atoms with van der Waals surface area (Å²) in [6.07, 6.45) is 0.708. The Morgan fingerprint density at radius 1 is 0.436 bits per heavy atom. The third kappa shape index (κ3) is 5.80. The lowest BCUT2D eigenvalue weighted by atomic mass is 9.84. The number of hydrogen-bond acceptors (Lipinski definition) is 1. The summed E-state index contributed by atoms with van der Waals surface area (Å²) < 4.78 is 162. The van der Waals surface area contributed by atoms with Crippen LogP contribution in [-0.2, 0) is 6.42 Å². The Labute approximate surface area is 346 Å². The first-order valence-corrected chi connectivity index (χ1v) is 17.6. The minimum absolute atomic E-state index is 0.0568. The Morgan fingerprint density at radius 2 is 0.873 bits per heavy atom. The van der Waals surface area contributed by atoms with E-state index in [2.05, 4.69) is 4.57 Å². The Balaban J connectivity index is 1.28. The molecule has 0 amide bonds. The molecule has 0 radical (unpaired) electrons. The van der Waals surface area contributed by atoms with Gasteiger partial charge >= 0.3 is 0 Å². The van der Waals surface area contributed by atoms with Crippen LogP contribution >= 0.6 is 0 Å². The molecule has 0 saturated heterocycles. The number of fused-ring (bicyclic) bond motifs is 3. The van der Waals surface area contributed by atoms with Crippen LogP contribution in [0, 0.1) is 0 Å². The maximum absolute atomic E-state index is 9.54. The van der Waals surface area contributed by atoms with Gasteiger partial charge in [-0.05, 0) is 120 Å². The van der Waals surface area contributed by atoms with Gasteiger partial charge in [0.15, 0.2) is 0 Å². The van der Waals surface area contributed by atoms with Crippen molar-refractivity contribution in [3.05, 3.63) is 206 Å². The lowest BCUT2D eigenvalue weighted by Crippen LogP contribution is -1.99. The lowest BCUT2D eigenvalue weighted by molar-refractivity contribution is 0.908. The van der Waals surface area contributed by atoms with E-state index in [1.807, 2.05) is 55.5 Å². The quantitative estimate of drug-likeness (QED) is 0.150. The summed E-state index contributed by atoms with van der Waals surface area (Å²) in [6, 6.07) is 14.9. The first-order chi connectivity index (χ1) is 34.7. The van der Waals surface area contributed by atoms with Crippen LogP contribution in [-0.4, -0.2) is 9.55 Å². The molecule has 9 aromatic carbocycles. The second-order valence-corrected chi connectivity index (χ2v) is 12.9. The van der Waals surface area contributed by atoms with Crippen molar-refractivity contribution in [3.63, 3.8) is 0 Å². The summed E-state index contributed by atoms with van der Waals surface area (Å²) in [5.41, 5.74) is 3.51. The molecular formula is C53H38N2. The summed E-state index contributed by atoms with van der Waals surface area (Å²) in [6.45, 7) is 2.04. The van der Waals surface area contributed by atoms with Gasteiger partial charge in [0.1, 0.15) is 5.82 Å². The molecule has 260 valence electrons. The van der Waals surface area contributed by atoms with Gasteiger partial charge in [-0.25, -0.2) is 4.98 Å². The number of hydrogen-bond donors (Lipinski definition) is 0. The molecule has 0 aliphatic rings. The average molecular weight is 721 g/mol. The monoisotopic (exact) mass is 720 g/mol. The van der Waals surface area contributed by atoms with E-state index in [-0.39, 0.29) is 60.5 Å². The third-order valence-corrected chi connectivity index (χ3v) is 9.75. The van der Waals surface area contributed by atoms with Gasteiger partial charge in [0, 0.05) is 12.1 Å². The van der Waals surface area contributed by atoms with Gasteiger partial charge in [-0.3, -0.25) is 4.57 Å². The zero-order chi connectivity index (χ0) is 52.4. The minimum Gasteiger partial charge on any atom is -0.296 e. The number of aromatic nitrogens is 2. The Morgan fingerprint density at radius 3 is 1.40 bits per heavy atom. The second kappa shape index (κ2) is 13.7. The normalized spacial score (nSPS) is 16.0. The van der Waals surface area contributed by atoms with Crippen LogP contribution in [0.1, 0.15) is 37.4 Å². The van der Waals surface area contributed by atoms with Crippen LogP contribution in [0.3, 0.4) is 0 Å². The maximum Gasteiger partial charge on any atom is 0.114 e. The lowest BCUT2D eigenvalue weighted by Gasteiger charge is -2.19. The number of imidazole rings is 1. The maximum atomic E-state index is 9.54. The first kappa shape index (κ1) is 18.8. The molecule has 2 heteroatoms. The fourth-order valence-corrected chi connectivity index (χ4v) is 7.29. The fraction of sp³-hybridized carbons (Fsp3) is 0.0377. The second-order valence-electron chi connectivity index (χ2n) is 12.9. The zero-order valence-electron chi connectivity index (χ0n) is 47.3. The molecule has 10 aromatic rings. The van der Waals surface area contributed by atoms with Gasteiger partial charge < -0.3 is 0 Å². The van der Waals surface area contributed by atoms with E-state index in [1.54, 1.807) is 24.3 Å². The van der Waals surface area contributed by atoms with Crippen molar-refractivity contribution in [1.29, 1.82) is 0 Å². The summed E-state index contributed by atoms with van der Waals surface area (Å²) in [5.74, 6) is 0.899. The Hall–Kier alpha value is -7.03. The highest BCUT2D eigenvalue weighted by atomic mass is 15.1. The van der Waals surface area contributed by atoms with Crippen LogP contribution in [0.5, 0.6) is 0 Å². The van der Waals surface area contributed by atoms with Crippen molar-refractivity contribution in [3.8, 4) is 61.3 Å². The molecule has 0 aliphatic carbocycles. The van der Waals surface area contributed by atoms with Gasteiger partial charge in [-0.2, -0.15) is 0 Å². The zero-order valence-corrected chi connectivity index (χ0v) is 29.3. The SMILES string of the molecule is [2H]c1c([2H])c([2H])c(-c2cc(-c3c([2H])c([2H])c([2H])c([2H])c3[2H])cc(-c3c4c([2H])c([2H])c([2H])c([2H])c4c(-c4ccc(-c5ccc(-n6c(CC)nc7ccccc76)cc5)cc4)c4c([2H])c([2H])c([2H])c([2H])c34)c2)c([2H])c1[2H]. The molecule has 0 spiro atoms. The predicted octanol–water partition coefficient (Wildman–Crippen LogP) is 14.2. The Kier molecular flexibility index (Phi) is 4.71. The molecule has 0 atom stereocenters. The number of aryl methyl sites for hydroxylation is 1. The standard InChI is InChI=1S/C53H38N2/c1-2-51-54-49-23-13-14-24-50(49)55(51)44-31-29-39(30-32-44)38-25-27-40(28-26-38)52-45-19-9-11-21-47(45)53(48-22-12-10-20-46(48)52)43-34-41(36-15-5-3-6-16-36)33-42(35-43)37-17-7-4-8-18-37/h3-35H,2H2,1H3/i3D,4D,5D,6D,7D,8D,9D,10D,11D,12D,15D,16D,17D,18D,19D,20D,21D,22D. The molecule has 55 heavy (non-hydrogen) atoms. The van der Waals surface area contributed by atoms with Crippen LogP contribution < -0.4 is 0 Å². The summed E-state index contributed by atoms with van der Waals surface area (Å²) in [7, 11) is 0. The molecule has 0 saturated carbocycles. The highest BCUT2D eigenvalue weighted by Gasteiger charge is 2.18. The van der Waals surface area contributed by atoms with E-state index in [1.165, 1.54) is 18.2 Å². The first-order valence-electron chi connectivity index (χ1n) is 26.6. The molecule has 0 bridgehead atoms. The van der Waals surface area contributed by atoms with Crippen molar-refractivity contribution in [2.24, 2.45) is 0 Å². The van der Waals surface area contributed by atoms with Crippen LogP contribution in [0.2, 0.25) is 0 Å². The van der Waals surface area contributed by atoms with Gasteiger partial charge in [-0.1, -0.05) is 164 Å². The van der Waals surface area contributed by atoms with Crippen molar-refractivity contribution in [1.82, 2.24) is 9.55 Å². The minimum atomic E-state index is -0.703. The molecule has 0 N–H and O–H groups in total. The molecule has 10 rings (SSSR count). The van der Waals surface area contributed by atoms with E-state index in [0.29, 0.717) is 12.0 Å². The van der Waals surface area contributed by atoms with Crippen LogP contribution in [0.15, 0.2) is 200 Å². The number of nitrogens with zero attached hydrogens (tertiary/aromatic N) is 2. The molecular weight excluding hydrogens is 665 g/mol. The highest BCUT2D eigenvalue weighted by Crippen LogP contribution is 2.45. The number of para-hydroxylation sites is 2. The van der Waals surface area contributed by atoms with Crippen LogP contribution in [0.25, 0.3) is 93.9 Å². The Bertz CT molecular complexity index is 3810. The van der Waals surface area contributed by atoms with Crippen molar-refractivity contribution >= 4 is 32.6 Å². The fourth-order valence-electron chi connectivity index (χ4n) is 7.29. The topological polar surface area (TPSA) is 17.8 Å². The summed E-state index contributed by atoms with van der Waals surface area (Å²) in [5, 5.41) is -0.677.